The smallest absolute Gasteiger partial charge is 0.0294 e. The molecule has 1 unspecified atom stereocenters. The first-order valence-corrected chi connectivity index (χ1v) is 5.75. The summed E-state index contributed by atoms with van der Waals surface area (Å²) in [6.45, 7) is 4.64. The third-order valence-electron chi connectivity index (χ3n) is 3.18. The largest absolute Gasteiger partial charge is 0.306 e. The summed E-state index contributed by atoms with van der Waals surface area (Å²) in [5.41, 5.74) is 1.38. The molecule has 15 heavy (non-hydrogen) atoms. The number of nitrogens with zero attached hydrogens (tertiary/aromatic N) is 1. The van der Waals surface area contributed by atoms with Gasteiger partial charge in [0.05, 0.1) is 0 Å². The molecule has 0 aromatic heterocycles. The molecule has 82 valence electrons. The summed E-state index contributed by atoms with van der Waals surface area (Å²) in [6.07, 6.45) is 1.27. The van der Waals surface area contributed by atoms with Gasteiger partial charge in [-0.1, -0.05) is 30.3 Å². The molecule has 2 nitrogen and oxygen atoms in total. The summed E-state index contributed by atoms with van der Waals surface area (Å²) in [5.74, 6) is 0. The summed E-state index contributed by atoms with van der Waals surface area (Å²) in [5, 5.41) is 3.68. The zero-order valence-electron chi connectivity index (χ0n) is 9.61. The van der Waals surface area contributed by atoms with Gasteiger partial charge in [-0.15, -0.1) is 0 Å². The van der Waals surface area contributed by atoms with Crippen molar-refractivity contribution in [2.45, 2.75) is 25.4 Å². The Bertz CT molecular complexity index is 297. The number of hydrogen-bond donors (Lipinski definition) is 1. The van der Waals surface area contributed by atoms with E-state index in [1.54, 1.807) is 0 Å². The lowest BCUT2D eigenvalue weighted by Crippen LogP contribution is -2.33. The van der Waals surface area contributed by atoms with Gasteiger partial charge in [0, 0.05) is 18.6 Å². The van der Waals surface area contributed by atoms with Crippen LogP contribution in [0, 0.1) is 0 Å². The fourth-order valence-electron chi connectivity index (χ4n) is 2.26. The summed E-state index contributed by atoms with van der Waals surface area (Å²) in [6, 6.07) is 11.8. The Hall–Kier alpha value is -0.860. The predicted octanol–water partition coefficient (Wildman–Crippen LogP) is 2.04. The van der Waals surface area contributed by atoms with Crippen LogP contribution in [-0.2, 0) is 0 Å². The highest BCUT2D eigenvalue weighted by atomic mass is 15.2. The molecular weight excluding hydrogens is 184 g/mol. The molecule has 1 aliphatic rings. The molecule has 0 radical (unpaired) electrons. The molecule has 2 atom stereocenters. The van der Waals surface area contributed by atoms with Gasteiger partial charge in [-0.25, -0.2) is 0 Å². The maximum Gasteiger partial charge on any atom is 0.0294 e. The highest BCUT2D eigenvalue weighted by Gasteiger charge is 2.20. The first-order valence-electron chi connectivity index (χ1n) is 5.75. The van der Waals surface area contributed by atoms with Crippen LogP contribution in [0.25, 0.3) is 0 Å². The minimum absolute atomic E-state index is 0.461. The van der Waals surface area contributed by atoms with Crippen LogP contribution in [0.15, 0.2) is 30.3 Å². The van der Waals surface area contributed by atoms with Crippen LogP contribution < -0.4 is 5.32 Å². The van der Waals surface area contributed by atoms with Crippen molar-refractivity contribution in [3.8, 4) is 0 Å². The fourth-order valence-corrected chi connectivity index (χ4v) is 2.26. The average molecular weight is 204 g/mol. The van der Waals surface area contributed by atoms with Gasteiger partial charge in [0.25, 0.3) is 0 Å². The maximum absolute atomic E-state index is 3.68. The Labute approximate surface area is 92.3 Å². The minimum Gasteiger partial charge on any atom is -0.306 e. The van der Waals surface area contributed by atoms with E-state index in [9.17, 15) is 0 Å². The third-order valence-corrected chi connectivity index (χ3v) is 3.18. The molecule has 1 aromatic rings. The van der Waals surface area contributed by atoms with Gasteiger partial charge in [-0.2, -0.15) is 0 Å². The predicted molar refractivity (Wildman–Crippen MR) is 63.9 cm³/mol. The second-order valence-corrected chi connectivity index (χ2v) is 4.55. The molecule has 2 heteroatoms. The summed E-state index contributed by atoms with van der Waals surface area (Å²) >= 11 is 0. The topological polar surface area (TPSA) is 15.3 Å². The van der Waals surface area contributed by atoms with Crippen LogP contribution in [0.1, 0.15) is 24.9 Å². The summed E-state index contributed by atoms with van der Waals surface area (Å²) in [7, 11) is 2.19. The molecule has 1 aromatic carbocycles. The van der Waals surface area contributed by atoms with Crippen LogP contribution in [0.4, 0.5) is 0 Å². The van der Waals surface area contributed by atoms with E-state index in [-0.39, 0.29) is 0 Å². The molecule has 1 aliphatic heterocycles. The van der Waals surface area contributed by atoms with Gasteiger partial charge in [-0.3, -0.25) is 0 Å². The lowest BCUT2D eigenvalue weighted by Gasteiger charge is -2.19. The van der Waals surface area contributed by atoms with Crippen molar-refractivity contribution in [1.82, 2.24) is 10.2 Å². The van der Waals surface area contributed by atoms with E-state index in [4.69, 9.17) is 0 Å². The monoisotopic (exact) mass is 204 g/mol. The Morgan fingerprint density at radius 1 is 1.33 bits per heavy atom. The normalized spacial score (nSPS) is 24.3. The molecule has 1 saturated heterocycles. The van der Waals surface area contributed by atoms with Crippen molar-refractivity contribution in [3.05, 3.63) is 35.9 Å². The average Bonchev–Trinajstić information content (AvgIpc) is 2.65. The van der Waals surface area contributed by atoms with Crippen LogP contribution in [-0.4, -0.2) is 31.1 Å². The van der Waals surface area contributed by atoms with Crippen molar-refractivity contribution < 1.29 is 0 Å². The van der Waals surface area contributed by atoms with Gasteiger partial charge >= 0.3 is 0 Å². The number of likely N-dealkylation sites (tertiary alicyclic amines) is 1. The van der Waals surface area contributed by atoms with E-state index in [2.05, 4.69) is 54.5 Å². The Balaban J connectivity index is 1.90. The molecule has 1 heterocycles. The van der Waals surface area contributed by atoms with E-state index in [0.717, 1.165) is 0 Å². The maximum atomic E-state index is 3.68. The van der Waals surface area contributed by atoms with E-state index in [1.165, 1.54) is 25.1 Å². The van der Waals surface area contributed by atoms with Crippen LogP contribution >= 0.6 is 0 Å². The SMILES string of the molecule is CC(N[C@H]1CCN(C)C1)c1ccccc1. The molecule has 2 rings (SSSR count). The number of rotatable bonds is 3. The van der Waals surface area contributed by atoms with Crippen molar-refractivity contribution in [3.63, 3.8) is 0 Å². The summed E-state index contributed by atoms with van der Waals surface area (Å²) in [4.78, 5) is 2.38. The quantitative estimate of drug-likeness (QED) is 0.810. The molecule has 0 amide bonds. The van der Waals surface area contributed by atoms with Crippen LogP contribution in [0.3, 0.4) is 0 Å². The Morgan fingerprint density at radius 2 is 2.07 bits per heavy atom. The minimum atomic E-state index is 0.461. The standard InChI is InChI=1S/C13H20N2/c1-11(12-6-4-3-5-7-12)14-13-8-9-15(2)10-13/h3-7,11,13-14H,8-10H2,1-2H3/t11?,13-/m0/s1. The molecule has 0 aliphatic carbocycles. The lowest BCUT2D eigenvalue weighted by molar-refractivity contribution is 0.387. The van der Waals surface area contributed by atoms with Crippen molar-refractivity contribution >= 4 is 0 Å². The van der Waals surface area contributed by atoms with E-state index < -0.39 is 0 Å². The van der Waals surface area contributed by atoms with Crippen molar-refractivity contribution in [2.24, 2.45) is 0 Å². The van der Waals surface area contributed by atoms with Gasteiger partial charge in [0.15, 0.2) is 0 Å². The Kier molecular flexibility index (Phi) is 3.39. The second-order valence-electron chi connectivity index (χ2n) is 4.55. The first kappa shape index (κ1) is 10.7. The number of hydrogen-bond acceptors (Lipinski definition) is 2. The molecule has 0 bridgehead atoms. The highest BCUT2D eigenvalue weighted by molar-refractivity contribution is 5.18. The van der Waals surface area contributed by atoms with E-state index in [1.807, 2.05) is 0 Å². The molecule has 1 fully saturated rings. The zero-order chi connectivity index (χ0) is 10.7. The van der Waals surface area contributed by atoms with E-state index in [0.29, 0.717) is 12.1 Å². The van der Waals surface area contributed by atoms with Crippen molar-refractivity contribution in [2.75, 3.05) is 20.1 Å². The molecular formula is C13H20N2. The number of likely N-dealkylation sites (N-methyl/N-ethyl adjacent to an activating group) is 1. The Morgan fingerprint density at radius 3 is 2.67 bits per heavy atom. The van der Waals surface area contributed by atoms with Crippen LogP contribution in [0.5, 0.6) is 0 Å². The number of benzene rings is 1. The first-order chi connectivity index (χ1) is 7.25. The third kappa shape index (κ3) is 2.80. The molecule has 0 saturated carbocycles. The fraction of sp³-hybridized carbons (Fsp3) is 0.538. The number of nitrogens with one attached hydrogen (secondary N) is 1. The van der Waals surface area contributed by atoms with Crippen molar-refractivity contribution in [1.29, 1.82) is 0 Å². The van der Waals surface area contributed by atoms with Gasteiger partial charge in [0.2, 0.25) is 0 Å². The highest BCUT2D eigenvalue weighted by Crippen LogP contribution is 2.15. The lowest BCUT2D eigenvalue weighted by atomic mass is 10.1. The summed E-state index contributed by atoms with van der Waals surface area (Å²) < 4.78 is 0. The second kappa shape index (κ2) is 4.77. The van der Waals surface area contributed by atoms with E-state index >= 15 is 0 Å². The zero-order valence-corrected chi connectivity index (χ0v) is 9.61. The van der Waals surface area contributed by atoms with Crippen LogP contribution in [0.2, 0.25) is 0 Å². The van der Waals surface area contributed by atoms with Gasteiger partial charge in [-0.05, 0) is 32.5 Å². The van der Waals surface area contributed by atoms with Gasteiger partial charge < -0.3 is 10.2 Å². The molecule has 0 spiro atoms. The molecule has 1 N–H and O–H groups in total. The van der Waals surface area contributed by atoms with Gasteiger partial charge in [0.1, 0.15) is 0 Å².